The minimum atomic E-state index is -0.521. The number of anilines is 1. The van der Waals surface area contributed by atoms with E-state index in [-0.39, 0.29) is 12.6 Å². The summed E-state index contributed by atoms with van der Waals surface area (Å²) in [5, 5.41) is 8.72. The minimum Gasteiger partial charge on any atom is -0.489 e. The predicted octanol–water partition coefficient (Wildman–Crippen LogP) is 5.91. The largest absolute Gasteiger partial charge is 0.489 e. The maximum atomic E-state index is 13.1. The summed E-state index contributed by atoms with van der Waals surface area (Å²) < 4.78 is 13.5. The van der Waals surface area contributed by atoms with E-state index in [0.717, 1.165) is 29.7 Å². The van der Waals surface area contributed by atoms with E-state index in [1.807, 2.05) is 31.2 Å². The van der Waals surface area contributed by atoms with Gasteiger partial charge in [-0.1, -0.05) is 73.1 Å². The Morgan fingerprint density at radius 1 is 1.11 bits per heavy atom. The maximum Gasteiger partial charge on any atom is 0.338 e. The Labute approximate surface area is 210 Å². The highest BCUT2D eigenvalue weighted by Gasteiger charge is 2.36. The first-order valence-corrected chi connectivity index (χ1v) is 13.0. The van der Waals surface area contributed by atoms with Gasteiger partial charge in [-0.15, -0.1) is 5.10 Å². The average Bonchev–Trinajstić information content (AvgIpc) is 3.25. The molecule has 1 N–H and O–H groups in total. The molecule has 1 unspecified atom stereocenters. The number of aromatic nitrogens is 3. The van der Waals surface area contributed by atoms with Crippen LogP contribution in [-0.4, -0.2) is 33.1 Å². The molecule has 7 nitrogen and oxygen atoms in total. The second kappa shape index (κ2) is 11.4. The normalized spacial score (nSPS) is 14.9. The van der Waals surface area contributed by atoms with Crippen molar-refractivity contribution in [1.82, 2.24) is 14.8 Å². The van der Waals surface area contributed by atoms with E-state index < -0.39 is 6.04 Å². The van der Waals surface area contributed by atoms with Gasteiger partial charge in [-0.25, -0.2) is 9.48 Å². The van der Waals surface area contributed by atoms with Gasteiger partial charge < -0.3 is 14.8 Å². The number of benzene rings is 2. The Hall–Kier alpha value is -3.26. The molecule has 8 heteroatoms. The third kappa shape index (κ3) is 5.70. The number of nitrogens with one attached hydrogen (secondary N) is 1. The number of rotatable bonds is 10. The molecule has 1 atom stereocenters. The van der Waals surface area contributed by atoms with Gasteiger partial charge in [0.25, 0.3) is 0 Å². The first-order chi connectivity index (χ1) is 17.0. The number of hydrogen-bond acceptors (Lipinski definition) is 7. The van der Waals surface area contributed by atoms with Crippen LogP contribution in [0.1, 0.15) is 56.3 Å². The second-order valence-electron chi connectivity index (χ2n) is 8.46. The van der Waals surface area contributed by atoms with Crippen molar-refractivity contribution < 1.29 is 14.3 Å². The van der Waals surface area contributed by atoms with Gasteiger partial charge in [0.15, 0.2) is 0 Å². The molecule has 4 rings (SSSR count). The van der Waals surface area contributed by atoms with Crippen molar-refractivity contribution in [3.05, 3.63) is 76.5 Å². The smallest absolute Gasteiger partial charge is 0.338 e. The Kier molecular flexibility index (Phi) is 8.13. The number of nitrogens with zero attached hydrogens (tertiary/aromatic N) is 3. The predicted molar refractivity (Wildman–Crippen MR) is 139 cm³/mol. The lowest BCUT2D eigenvalue weighted by Crippen LogP contribution is -2.30. The molecule has 1 aliphatic heterocycles. The van der Waals surface area contributed by atoms with E-state index in [1.54, 1.807) is 23.4 Å². The standard InChI is InChI=1S/C27H32N4O3S/c1-5-7-16-35-27-29-26-28-19(4)23(25(32)33-6-2)24(31(26)30-27)21-10-8-9-11-22(21)34-17-20-14-12-18(3)13-15-20/h8-15,24H,5-7,16-17H2,1-4H3,(H,28,29,30). The lowest BCUT2D eigenvalue weighted by Gasteiger charge is -2.29. The number of ether oxygens (including phenoxy) is 2. The Bertz CT molecular complexity index is 1200. The number of unbranched alkanes of at least 4 members (excludes halogenated alkanes) is 1. The van der Waals surface area contributed by atoms with Gasteiger partial charge in [0.05, 0.1) is 12.2 Å². The highest BCUT2D eigenvalue weighted by atomic mass is 32.2. The molecule has 35 heavy (non-hydrogen) atoms. The number of carbonyl (C=O) groups excluding carboxylic acids is 1. The van der Waals surface area contributed by atoms with Crippen LogP contribution in [0.3, 0.4) is 0 Å². The summed E-state index contributed by atoms with van der Waals surface area (Å²) in [5.41, 5.74) is 4.31. The quantitative estimate of drug-likeness (QED) is 0.214. The van der Waals surface area contributed by atoms with E-state index in [4.69, 9.17) is 19.6 Å². The van der Waals surface area contributed by atoms with Crippen molar-refractivity contribution >= 4 is 23.7 Å². The number of hydrogen-bond donors (Lipinski definition) is 1. The van der Waals surface area contributed by atoms with Crippen LogP contribution >= 0.6 is 11.8 Å². The molecule has 0 saturated carbocycles. The van der Waals surface area contributed by atoms with Gasteiger partial charge in [-0.05, 0) is 38.8 Å². The molecular weight excluding hydrogens is 460 g/mol. The zero-order chi connectivity index (χ0) is 24.8. The van der Waals surface area contributed by atoms with Crippen molar-refractivity contribution in [3.8, 4) is 5.75 Å². The molecule has 0 amide bonds. The average molecular weight is 493 g/mol. The number of thioether (sulfide) groups is 1. The van der Waals surface area contributed by atoms with Gasteiger partial charge in [0.2, 0.25) is 11.1 Å². The molecule has 0 bridgehead atoms. The number of carbonyl (C=O) groups is 1. The first kappa shape index (κ1) is 24.9. The molecule has 0 fully saturated rings. The third-order valence-corrected chi connectivity index (χ3v) is 6.71. The van der Waals surface area contributed by atoms with Crippen molar-refractivity contribution in [2.24, 2.45) is 0 Å². The molecule has 2 aromatic carbocycles. The molecule has 1 aliphatic rings. The summed E-state index contributed by atoms with van der Waals surface area (Å²) in [4.78, 5) is 17.8. The second-order valence-corrected chi connectivity index (χ2v) is 9.53. The summed E-state index contributed by atoms with van der Waals surface area (Å²) >= 11 is 1.62. The van der Waals surface area contributed by atoms with Gasteiger partial charge in [-0.2, -0.15) is 4.98 Å². The van der Waals surface area contributed by atoms with E-state index in [9.17, 15) is 4.79 Å². The van der Waals surface area contributed by atoms with Crippen LogP contribution in [0.2, 0.25) is 0 Å². The van der Waals surface area contributed by atoms with Crippen LogP contribution in [0, 0.1) is 6.92 Å². The van der Waals surface area contributed by atoms with Crippen LogP contribution in [0.25, 0.3) is 0 Å². The molecule has 184 valence electrons. The van der Waals surface area contributed by atoms with E-state index >= 15 is 0 Å². The van der Waals surface area contributed by atoms with Crippen molar-refractivity contribution in [2.75, 3.05) is 17.7 Å². The summed E-state index contributed by atoms with van der Waals surface area (Å²) in [5.74, 6) is 1.86. The molecule has 3 aromatic rings. The van der Waals surface area contributed by atoms with Crippen molar-refractivity contribution in [2.45, 2.75) is 58.3 Å². The minimum absolute atomic E-state index is 0.288. The van der Waals surface area contributed by atoms with Crippen LogP contribution < -0.4 is 10.1 Å². The lowest BCUT2D eigenvalue weighted by atomic mass is 9.95. The molecule has 0 radical (unpaired) electrons. The lowest BCUT2D eigenvalue weighted by molar-refractivity contribution is -0.139. The van der Waals surface area contributed by atoms with E-state index in [0.29, 0.717) is 34.7 Å². The van der Waals surface area contributed by atoms with Gasteiger partial charge in [-0.3, -0.25) is 0 Å². The van der Waals surface area contributed by atoms with Gasteiger partial charge >= 0.3 is 5.97 Å². The van der Waals surface area contributed by atoms with Crippen LogP contribution in [0.15, 0.2) is 65.0 Å². The number of aryl methyl sites for hydroxylation is 1. The fraction of sp³-hybridized carbons (Fsp3) is 0.370. The van der Waals surface area contributed by atoms with Crippen molar-refractivity contribution in [3.63, 3.8) is 0 Å². The fourth-order valence-corrected chi connectivity index (χ4v) is 4.86. The summed E-state index contributed by atoms with van der Waals surface area (Å²) in [7, 11) is 0. The SMILES string of the molecule is CCCCSc1nc2n(n1)C(c1ccccc1OCc1ccc(C)cc1)C(C(=O)OCC)=C(C)N2. The number of fused-ring (bicyclic) bond motifs is 1. The first-order valence-electron chi connectivity index (χ1n) is 12.0. The Morgan fingerprint density at radius 2 is 1.89 bits per heavy atom. The zero-order valence-corrected chi connectivity index (χ0v) is 21.5. The molecule has 2 heterocycles. The third-order valence-electron chi connectivity index (χ3n) is 5.79. The highest BCUT2D eigenvalue weighted by Crippen LogP contribution is 2.40. The molecule has 1 aromatic heterocycles. The number of para-hydroxylation sites is 1. The van der Waals surface area contributed by atoms with Crippen molar-refractivity contribution in [1.29, 1.82) is 0 Å². The molecule has 0 aliphatic carbocycles. The topological polar surface area (TPSA) is 78.3 Å². The van der Waals surface area contributed by atoms with Gasteiger partial charge in [0.1, 0.15) is 18.4 Å². The monoisotopic (exact) mass is 492 g/mol. The summed E-state index contributed by atoms with van der Waals surface area (Å²) in [6.45, 7) is 8.61. The summed E-state index contributed by atoms with van der Waals surface area (Å²) in [6, 6.07) is 15.5. The molecule has 0 saturated heterocycles. The Balaban J connectivity index is 1.72. The van der Waals surface area contributed by atoms with Crippen LogP contribution in [0.4, 0.5) is 5.95 Å². The highest BCUT2D eigenvalue weighted by molar-refractivity contribution is 7.99. The fourth-order valence-electron chi connectivity index (χ4n) is 3.94. The van der Waals surface area contributed by atoms with Crippen LogP contribution in [-0.2, 0) is 16.1 Å². The molecule has 0 spiro atoms. The summed E-state index contributed by atoms with van der Waals surface area (Å²) in [6.07, 6.45) is 2.20. The van der Waals surface area contributed by atoms with Crippen LogP contribution in [0.5, 0.6) is 5.75 Å². The zero-order valence-electron chi connectivity index (χ0n) is 20.7. The van der Waals surface area contributed by atoms with E-state index in [1.165, 1.54) is 5.56 Å². The number of esters is 1. The maximum absolute atomic E-state index is 13.1. The van der Waals surface area contributed by atoms with Gasteiger partial charge in [0, 0.05) is 17.0 Å². The number of allylic oxidation sites excluding steroid dienone is 1. The van der Waals surface area contributed by atoms with E-state index in [2.05, 4.69) is 43.4 Å². The molecular formula is C27H32N4O3S. The Morgan fingerprint density at radius 3 is 2.63 bits per heavy atom.